The fraction of sp³-hybridized carbons (Fsp3) is 0.0714. The average molecular weight is 274 g/mol. The summed E-state index contributed by atoms with van der Waals surface area (Å²) in [7, 11) is 0. The molecular weight excluding hydrogens is 263 g/mol. The van der Waals surface area contributed by atoms with Crippen LogP contribution in [-0.4, -0.2) is 28.5 Å². The van der Waals surface area contributed by atoms with Crippen LogP contribution in [0.3, 0.4) is 0 Å². The number of aliphatic carboxylic acids is 1. The number of carboxylic acid groups (broad SMARTS) is 1. The van der Waals surface area contributed by atoms with Gasteiger partial charge in [-0.1, -0.05) is 12.1 Å². The van der Waals surface area contributed by atoms with Crippen LogP contribution in [0.5, 0.6) is 0 Å². The highest BCUT2D eigenvalue weighted by atomic mass is 19.1. The molecule has 0 radical (unpaired) electrons. The summed E-state index contributed by atoms with van der Waals surface area (Å²) in [5.41, 5.74) is 0.112. The second-order valence-electron chi connectivity index (χ2n) is 3.98. The minimum Gasteiger partial charge on any atom is -0.480 e. The Morgan fingerprint density at radius 1 is 1.20 bits per heavy atom. The van der Waals surface area contributed by atoms with Gasteiger partial charge in [0.05, 0.1) is 11.3 Å². The summed E-state index contributed by atoms with van der Waals surface area (Å²) in [4.78, 5) is 27.9. The van der Waals surface area contributed by atoms with Gasteiger partial charge >= 0.3 is 5.97 Å². The summed E-state index contributed by atoms with van der Waals surface area (Å²) in [6.45, 7) is -0.630. The largest absolute Gasteiger partial charge is 0.480 e. The van der Waals surface area contributed by atoms with Crippen molar-refractivity contribution in [3.8, 4) is 0 Å². The van der Waals surface area contributed by atoms with Gasteiger partial charge in [0.2, 0.25) is 0 Å². The van der Waals surface area contributed by atoms with Crippen LogP contribution in [0.1, 0.15) is 10.4 Å². The maximum atomic E-state index is 13.8. The summed E-state index contributed by atoms with van der Waals surface area (Å²) in [5.74, 6) is -2.51. The lowest BCUT2D eigenvalue weighted by atomic mass is 10.2. The smallest absolute Gasteiger partial charge is 0.323 e. The van der Waals surface area contributed by atoms with Gasteiger partial charge in [-0.2, -0.15) is 0 Å². The molecule has 1 heterocycles. The number of para-hydroxylation sites is 1. The molecule has 0 saturated heterocycles. The van der Waals surface area contributed by atoms with Gasteiger partial charge in [-0.3, -0.25) is 19.5 Å². The number of hydrogen-bond acceptors (Lipinski definition) is 3. The van der Waals surface area contributed by atoms with E-state index in [0.29, 0.717) is 0 Å². The lowest BCUT2D eigenvalue weighted by Gasteiger charge is -2.21. The quantitative estimate of drug-likeness (QED) is 0.925. The highest BCUT2D eigenvalue weighted by Crippen LogP contribution is 2.20. The third kappa shape index (κ3) is 2.97. The van der Waals surface area contributed by atoms with Gasteiger partial charge in [0, 0.05) is 12.4 Å². The van der Waals surface area contributed by atoms with Crippen LogP contribution in [0.15, 0.2) is 48.8 Å². The second kappa shape index (κ2) is 5.92. The number of anilines is 1. The minimum atomic E-state index is -1.23. The van der Waals surface area contributed by atoms with E-state index in [1.165, 1.54) is 42.7 Å². The van der Waals surface area contributed by atoms with E-state index in [-0.39, 0.29) is 11.3 Å². The first-order valence-electron chi connectivity index (χ1n) is 5.78. The molecule has 0 bridgehead atoms. The Morgan fingerprint density at radius 3 is 2.55 bits per heavy atom. The van der Waals surface area contributed by atoms with Gasteiger partial charge in [-0.25, -0.2) is 4.39 Å². The summed E-state index contributed by atoms with van der Waals surface area (Å²) in [6, 6.07) is 8.56. The van der Waals surface area contributed by atoms with E-state index >= 15 is 0 Å². The number of benzene rings is 1. The summed E-state index contributed by atoms with van der Waals surface area (Å²) >= 11 is 0. The number of rotatable bonds is 4. The van der Waals surface area contributed by atoms with Crippen LogP contribution in [0.4, 0.5) is 10.1 Å². The Morgan fingerprint density at radius 2 is 1.95 bits per heavy atom. The van der Waals surface area contributed by atoms with Crippen molar-refractivity contribution in [3.05, 3.63) is 60.2 Å². The van der Waals surface area contributed by atoms with Crippen molar-refractivity contribution < 1.29 is 19.1 Å². The van der Waals surface area contributed by atoms with E-state index in [1.54, 1.807) is 6.07 Å². The number of amides is 1. The van der Waals surface area contributed by atoms with E-state index < -0.39 is 24.2 Å². The Balaban J connectivity index is 2.41. The average Bonchev–Trinajstić information content (AvgIpc) is 2.46. The molecule has 0 aliphatic rings. The number of carboxylic acids is 1. The molecule has 2 aromatic rings. The van der Waals surface area contributed by atoms with Crippen LogP contribution in [0, 0.1) is 5.82 Å². The van der Waals surface area contributed by atoms with Crippen molar-refractivity contribution in [2.75, 3.05) is 11.4 Å². The molecule has 0 spiro atoms. The van der Waals surface area contributed by atoms with Gasteiger partial charge in [-0.15, -0.1) is 0 Å². The van der Waals surface area contributed by atoms with Gasteiger partial charge in [-0.05, 0) is 24.3 Å². The molecule has 2 rings (SSSR count). The molecule has 0 aliphatic heterocycles. The lowest BCUT2D eigenvalue weighted by molar-refractivity contribution is -0.135. The van der Waals surface area contributed by atoms with Gasteiger partial charge in [0.25, 0.3) is 5.91 Å². The maximum Gasteiger partial charge on any atom is 0.323 e. The summed E-state index contributed by atoms with van der Waals surface area (Å²) in [6.07, 6.45) is 2.79. The zero-order valence-electron chi connectivity index (χ0n) is 10.4. The molecular formula is C14H11FN2O3. The molecule has 0 unspecified atom stereocenters. The van der Waals surface area contributed by atoms with Crippen molar-refractivity contribution in [1.82, 2.24) is 4.98 Å². The molecule has 0 fully saturated rings. The standard InChI is InChI=1S/C14H11FN2O3/c15-11-5-1-2-6-12(11)17(9-13(18)19)14(20)10-4-3-7-16-8-10/h1-8H,9H2,(H,18,19). The Hall–Kier alpha value is -2.76. The minimum absolute atomic E-state index is 0.0799. The van der Waals surface area contributed by atoms with Crippen LogP contribution in [0.2, 0.25) is 0 Å². The molecule has 1 N–H and O–H groups in total. The fourth-order valence-electron chi connectivity index (χ4n) is 1.72. The van der Waals surface area contributed by atoms with E-state index in [1.807, 2.05) is 0 Å². The lowest BCUT2D eigenvalue weighted by Crippen LogP contribution is -2.36. The van der Waals surface area contributed by atoms with Crippen molar-refractivity contribution in [2.45, 2.75) is 0 Å². The molecule has 0 saturated carbocycles. The highest BCUT2D eigenvalue weighted by molar-refractivity contribution is 6.08. The first kappa shape index (κ1) is 13.7. The van der Waals surface area contributed by atoms with Crippen molar-refractivity contribution in [1.29, 1.82) is 0 Å². The highest BCUT2D eigenvalue weighted by Gasteiger charge is 2.22. The molecule has 20 heavy (non-hydrogen) atoms. The van der Waals surface area contributed by atoms with E-state index in [4.69, 9.17) is 5.11 Å². The monoisotopic (exact) mass is 274 g/mol. The number of hydrogen-bond donors (Lipinski definition) is 1. The first-order chi connectivity index (χ1) is 9.59. The van der Waals surface area contributed by atoms with Gasteiger partial charge < -0.3 is 5.11 Å². The molecule has 6 heteroatoms. The van der Waals surface area contributed by atoms with Crippen LogP contribution < -0.4 is 4.90 Å². The maximum absolute atomic E-state index is 13.8. The number of pyridine rings is 1. The molecule has 0 aliphatic carbocycles. The van der Waals surface area contributed by atoms with Gasteiger partial charge in [0.1, 0.15) is 12.4 Å². The number of carbonyl (C=O) groups is 2. The summed E-state index contributed by atoms with van der Waals surface area (Å²) in [5, 5.41) is 8.90. The SMILES string of the molecule is O=C(O)CN(C(=O)c1cccnc1)c1ccccc1F. The molecule has 1 aromatic heterocycles. The third-order valence-electron chi connectivity index (χ3n) is 2.59. The van der Waals surface area contributed by atoms with E-state index in [0.717, 1.165) is 4.90 Å². The van der Waals surface area contributed by atoms with Crippen LogP contribution >= 0.6 is 0 Å². The van der Waals surface area contributed by atoms with E-state index in [2.05, 4.69) is 4.98 Å². The first-order valence-corrected chi connectivity index (χ1v) is 5.78. The van der Waals surface area contributed by atoms with Crippen LogP contribution in [0.25, 0.3) is 0 Å². The fourth-order valence-corrected chi connectivity index (χ4v) is 1.72. The molecule has 0 atom stereocenters. The van der Waals surface area contributed by atoms with Crippen molar-refractivity contribution in [2.24, 2.45) is 0 Å². The number of carbonyl (C=O) groups excluding carboxylic acids is 1. The Labute approximate surface area is 114 Å². The Bertz CT molecular complexity index is 631. The molecule has 102 valence electrons. The van der Waals surface area contributed by atoms with Crippen LogP contribution in [-0.2, 0) is 4.79 Å². The predicted molar refractivity (Wildman–Crippen MR) is 69.9 cm³/mol. The van der Waals surface area contributed by atoms with Crippen molar-refractivity contribution in [3.63, 3.8) is 0 Å². The zero-order chi connectivity index (χ0) is 14.5. The number of nitrogens with zero attached hydrogens (tertiary/aromatic N) is 2. The second-order valence-corrected chi connectivity index (χ2v) is 3.98. The van der Waals surface area contributed by atoms with Crippen molar-refractivity contribution >= 4 is 17.6 Å². The number of aromatic nitrogens is 1. The summed E-state index contributed by atoms with van der Waals surface area (Å²) < 4.78 is 13.8. The predicted octanol–water partition coefficient (Wildman–Crippen LogP) is 1.95. The molecule has 1 aromatic carbocycles. The zero-order valence-corrected chi connectivity index (χ0v) is 10.4. The normalized spacial score (nSPS) is 10.1. The third-order valence-corrected chi connectivity index (χ3v) is 2.59. The van der Waals surface area contributed by atoms with E-state index in [9.17, 15) is 14.0 Å². The Kier molecular flexibility index (Phi) is 4.05. The van der Waals surface area contributed by atoms with Gasteiger partial charge in [0.15, 0.2) is 0 Å². The number of halogens is 1. The molecule has 5 nitrogen and oxygen atoms in total. The molecule has 1 amide bonds. The topological polar surface area (TPSA) is 70.5 Å².